The zero-order chi connectivity index (χ0) is 21.7. The number of ether oxygens (including phenoxy) is 2. The maximum atomic E-state index is 12.9. The number of methoxy groups -OCH3 is 2. The standard InChI is InChI=1S/C22H19BrN2O4S/c1-28-17-9-8-14(10-16(17)23)18-15(11-24)21(25-20(26)19(18)22(27)29-2)30-12-13-6-4-3-5-7-13/h3-10,18-19H,12H2,1-2H3,(H,25,26)/t18-,19+/m0/s1. The van der Waals surface area contributed by atoms with Gasteiger partial charge in [-0.25, -0.2) is 0 Å². The van der Waals surface area contributed by atoms with Crippen LogP contribution in [0.25, 0.3) is 0 Å². The number of hydrogen-bond acceptors (Lipinski definition) is 6. The highest BCUT2D eigenvalue weighted by molar-refractivity contribution is 9.10. The van der Waals surface area contributed by atoms with Crippen LogP contribution in [0.2, 0.25) is 0 Å². The zero-order valence-electron chi connectivity index (χ0n) is 16.3. The van der Waals surface area contributed by atoms with Crippen LogP contribution in [0.4, 0.5) is 0 Å². The Balaban J connectivity index is 2.06. The van der Waals surface area contributed by atoms with Crippen molar-refractivity contribution in [1.29, 1.82) is 5.26 Å². The first-order valence-electron chi connectivity index (χ1n) is 9.03. The minimum Gasteiger partial charge on any atom is -0.496 e. The van der Waals surface area contributed by atoms with E-state index in [1.165, 1.54) is 18.9 Å². The van der Waals surface area contributed by atoms with Crippen LogP contribution in [-0.4, -0.2) is 26.1 Å². The maximum Gasteiger partial charge on any atom is 0.319 e. The van der Waals surface area contributed by atoms with Crippen molar-refractivity contribution >= 4 is 39.6 Å². The van der Waals surface area contributed by atoms with Gasteiger partial charge < -0.3 is 14.8 Å². The highest BCUT2D eigenvalue weighted by Crippen LogP contribution is 2.42. The van der Waals surface area contributed by atoms with E-state index >= 15 is 0 Å². The van der Waals surface area contributed by atoms with Crippen molar-refractivity contribution in [3.8, 4) is 11.8 Å². The van der Waals surface area contributed by atoms with Gasteiger partial charge in [-0.05, 0) is 39.2 Å². The topological polar surface area (TPSA) is 88.4 Å². The lowest BCUT2D eigenvalue weighted by Crippen LogP contribution is -2.44. The molecule has 2 aromatic carbocycles. The molecule has 8 heteroatoms. The number of rotatable bonds is 6. The summed E-state index contributed by atoms with van der Waals surface area (Å²) < 4.78 is 10.8. The molecule has 0 aliphatic carbocycles. The van der Waals surface area contributed by atoms with Crippen molar-refractivity contribution in [2.75, 3.05) is 14.2 Å². The summed E-state index contributed by atoms with van der Waals surface area (Å²) in [5, 5.41) is 13.1. The van der Waals surface area contributed by atoms with E-state index in [9.17, 15) is 14.9 Å². The molecule has 1 aliphatic heterocycles. The van der Waals surface area contributed by atoms with E-state index in [0.717, 1.165) is 5.56 Å². The van der Waals surface area contributed by atoms with Crippen LogP contribution in [0, 0.1) is 17.2 Å². The third kappa shape index (κ3) is 4.53. The predicted molar refractivity (Wildman–Crippen MR) is 117 cm³/mol. The Morgan fingerprint density at radius 2 is 1.97 bits per heavy atom. The molecule has 6 nitrogen and oxygen atoms in total. The number of hydrogen-bond donors (Lipinski definition) is 1. The fourth-order valence-corrected chi connectivity index (χ4v) is 4.85. The van der Waals surface area contributed by atoms with Gasteiger partial charge in [0.15, 0.2) is 0 Å². The Bertz CT molecular complexity index is 1030. The SMILES string of the molecule is COC(=O)[C@H]1C(=O)NC(SCc2ccccc2)=C(C#N)[C@@H]1c1ccc(OC)c(Br)c1. The smallest absolute Gasteiger partial charge is 0.319 e. The first-order valence-corrected chi connectivity index (χ1v) is 10.8. The molecule has 0 unspecified atom stereocenters. The van der Waals surface area contributed by atoms with Crippen LogP contribution >= 0.6 is 27.7 Å². The Morgan fingerprint density at radius 1 is 1.23 bits per heavy atom. The van der Waals surface area contributed by atoms with Crippen molar-refractivity contribution in [2.24, 2.45) is 5.92 Å². The Labute approximate surface area is 187 Å². The molecule has 0 spiro atoms. The number of thioether (sulfide) groups is 1. The van der Waals surface area contributed by atoms with Crippen molar-refractivity contribution in [3.05, 3.63) is 74.7 Å². The van der Waals surface area contributed by atoms with Crippen LogP contribution in [0.15, 0.2) is 63.6 Å². The van der Waals surface area contributed by atoms with Gasteiger partial charge in [0.2, 0.25) is 5.91 Å². The number of benzene rings is 2. The second-order valence-electron chi connectivity index (χ2n) is 6.49. The number of carbonyl (C=O) groups excluding carboxylic acids is 2. The third-order valence-corrected chi connectivity index (χ3v) is 6.45. The van der Waals surface area contributed by atoms with Gasteiger partial charge in [0, 0.05) is 11.7 Å². The summed E-state index contributed by atoms with van der Waals surface area (Å²) in [4.78, 5) is 25.3. The van der Waals surface area contributed by atoms with Gasteiger partial charge >= 0.3 is 5.97 Å². The number of allylic oxidation sites excluding steroid dienone is 1. The number of nitriles is 1. The molecule has 2 atom stereocenters. The minimum atomic E-state index is -1.16. The molecule has 1 aliphatic rings. The average molecular weight is 487 g/mol. The molecule has 0 fully saturated rings. The number of nitrogens with one attached hydrogen (secondary N) is 1. The summed E-state index contributed by atoms with van der Waals surface area (Å²) >= 11 is 4.79. The fourth-order valence-electron chi connectivity index (χ4n) is 3.29. The maximum absolute atomic E-state index is 12.9. The van der Waals surface area contributed by atoms with Crippen molar-refractivity contribution in [2.45, 2.75) is 11.7 Å². The zero-order valence-corrected chi connectivity index (χ0v) is 18.7. The number of nitrogens with zero attached hydrogens (tertiary/aromatic N) is 1. The summed E-state index contributed by atoms with van der Waals surface area (Å²) in [5.74, 6) is -1.93. The van der Waals surface area contributed by atoms with Crippen LogP contribution in [0.5, 0.6) is 5.75 Å². The first kappa shape index (κ1) is 21.9. The van der Waals surface area contributed by atoms with Crippen molar-refractivity contribution in [3.63, 3.8) is 0 Å². The van der Waals surface area contributed by atoms with Gasteiger partial charge in [-0.2, -0.15) is 5.26 Å². The highest BCUT2D eigenvalue weighted by atomic mass is 79.9. The Hall–Kier alpha value is -2.76. The number of carbonyl (C=O) groups is 2. The van der Waals surface area contributed by atoms with E-state index in [1.807, 2.05) is 30.3 Å². The van der Waals surface area contributed by atoms with Gasteiger partial charge in [-0.3, -0.25) is 9.59 Å². The molecular weight excluding hydrogens is 468 g/mol. The van der Waals surface area contributed by atoms with E-state index < -0.39 is 23.7 Å². The monoisotopic (exact) mass is 486 g/mol. The Morgan fingerprint density at radius 3 is 2.57 bits per heavy atom. The summed E-state index contributed by atoms with van der Waals surface area (Å²) in [6, 6.07) is 17.2. The first-order chi connectivity index (χ1) is 14.5. The van der Waals surface area contributed by atoms with E-state index in [0.29, 0.717) is 32.1 Å². The van der Waals surface area contributed by atoms with Gasteiger partial charge in [-0.15, -0.1) is 11.8 Å². The molecule has 154 valence electrons. The van der Waals surface area contributed by atoms with Crippen LogP contribution in [0.3, 0.4) is 0 Å². The predicted octanol–water partition coefficient (Wildman–Crippen LogP) is 4.13. The normalized spacial score (nSPS) is 18.4. The molecule has 0 aromatic heterocycles. The van der Waals surface area contributed by atoms with Gasteiger partial charge in [-0.1, -0.05) is 36.4 Å². The van der Waals surface area contributed by atoms with Crippen LogP contribution < -0.4 is 10.1 Å². The molecule has 30 heavy (non-hydrogen) atoms. The summed E-state index contributed by atoms with van der Waals surface area (Å²) in [5.41, 5.74) is 2.02. The van der Waals surface area contributed by atoms with Crippen LogP contribution in [0.1, 0.15) is 17.0 Å². The number of halogens is 1. The molecule has 0 saturated carbocycles. The van der Waals surface area contributed by atoms with E-state index in [4.69, 9.17) is 9.47 Å². The molecule has 1 N–H and O–H groups in total. The van der Waals surface area contributed by atoms with E-state index in [2.05, 4.69) is 27.3 Å². The van der Waals surface area contributed by atoms with Crippen molar-refractivity contribution in [1.82, 2.24) is 5.32 Å². The van der Waals surface area contributed by atoms with E-state index in [1.54, 1.807) is 25.3 Å². The minimum absolute atomic E-state index is 0.322. The third-order valence-electron chi connectivity index (χ3n) is 4.74. The second kappa shape index (κ2) is 9.83. The molecular formula is C22H19BrN2O4S. The average Bonchev–Trinajstić information content (AvgIpc) is 2.77. The lowest BCUT2D eigenvalue weighted by atomic mass is 9.78. The lowest BCUT2D eigenvalue weighted by molar-refractivity contribution is -0.150. The van der Waals surface area contributed by atoms with E-state index in [-0.39, 0.29) is 0 Å². The molecule has 0 saturated heterocycles. The summed E-state index contributed by atoms with van der Waals surface area (Å²) in [6.45, 7) is 0. The largest absolute Gasteiger partial charge is 0.496 e. The summed E-state index contributed by atoms with van der Waals surface area (Å²) in [6.07, 6.45) is 0. The quantitative estimate of drug-likeness (QED) is 0.487. The highest BCUT2D eigenvalue weighted by Gasteiger charge is 2.44. The molecule has 3 rings (SSSR count). The second-order valence-corrected chi connectivity index (χ2v) is 8.33. The molecule has 1 amide bonds. The van der Waals surface area contributed by atoms with Crippen LogP contribution in [-0.2, 0) is 20.1 Å². The fraction of sp³-hybridized carbons (Fsp3) is 0.227. The molecule has 1 heterocycles. The Kier molecular flexibility index (Phi) is 7.19. The molecule has 0 bridgehead atoms. The van der Waals surface area contributed by atoms with Gasteiger partial charge in [0.05, 0.1) is 35.4 Å². The number of amides is 1. The lowest BCUT2D eigenvalue weighted by Gasteiger charge is -2.31. The van der Waals surface area contributed by atoms with Crippen molar-refractivity contribution < 1.29 is 19.1 Å². The number of esters is 1. The molecule has 0 radical (unpaired) electrons. The van der Waals surface area contributed by atoms with Gasteiger partial charge in [0.25, 0.3) is 0 Å². The summed E-state index contributed by atoms with van der Waals surface area (Å²) in [7, 11) is 2.77. The molecule has 2 aromatic rings. The van der Waals surface area contributed by atoms with Gasteiger partial charge in [0.1, 0.15) is 11.7 Å².